The normalized spacial score (nSPS) is 28.7. The lowest BCUT2D eigenvalue weighted by Gasteiger charge is -2.29. The second kappa shape index (κ2) is 4.34. The lowest BCUT2D eigenvalue weighted by atomic mass is 10.1. The molecule has 3 rings (SSSR count). The van der Waals surface area contributed by atoms with Gasteiger partial charge in [-0.15, -0.1) is 0 Å². The van der Waals surface area contributed by atoms with Crippen LogP contribution < -0.4 is 4.90 Å². The van der Waals surface area contributed by atoms with Crippen molar-refractivity contribution >= 4 is 5.69 Å². The molecular weight excluding hydrogens is 210 g/mol. The summed E-state index contributed by atoms with van der Waals surface area (Å²) in [5.41, 5.74) is 2.38. The predicted octanol–water partition coefficient (Wildman–Crippen LogP) is 3.12. The zero-order valence-corrected chi connectivity index (χ0v) is 10.5. The van der Waals surface area contributed by atoms with E-state index in [-0.39, 0.29) is 6.10 Å². The van der Waals surface area contributed by atoms with E-state index in [1.807, 2.05) is 6.92 Å². The molecule has 1 heterocycles. The molecule has 2 aliphatic rings. The fourth-order valence-electron chi connectivity index (χ4n) is 3.36. The molecule has 2 nitrogen and oxygen atoms in total. The monoisotopic (exact) mass is 231 g/mol. The molecule has 1 N–H and O–H groups in total. The minimum Gasteiger partial charge on any atom is -0.388 e. The first-order valence-corrected chi connectivity index (χ1v) is 6.82. The lowest BCUT2D eigenvalue weighted by Crippen LogP contribution is -2.31. The molecule has 2 unspecified atom stereocenters. The summed E-state index contributed by atoms with van der Waals surface area (Å²) in [6, 6.07) is 9.29. The molecule has 0 spiro atoms. The first kappa shape index (κ1) is 11.1. The maximum absolute atomic E-state index is 9.78. The van der Waals surface area contributed by atoms with Crippen LogP contribution in [0.5, 0.6) is 0 Å². The van der Waals surface area contributed by atoms with Gasteiger partial charge in [-0.3, -0.25) is 0 Å². The Balaban J connectivity index is 1.76. The number of hydrogen-bond acceptors (Lipinski definition) is 2. The molecule has 1 aromatic rings. The van der Waals surface area contributed by atoms with Crippen molar-refractivity contribution in [2.75, 3.05) is 11.4 Å². The average molecular weight is 231 g/mol. The summed E-state index contributed by atoms with van der Waals surface area (Å²) in [7, 11) is 0. The zero-order chi connectivity index (χ0) is 11.8. The van der Waals surface area contributed by atoms with E-state index in [1.165, 1.54) is 31.5 Å². The fraction of sp³-hybridized carbons (Fsp3) is 0.600. The number of piperidine rings is 1. The van der Waals surface area contributed by atoms with Crippen molar-refractivity contribution in [1.82, 2.24) is 0 Å². The van der Waals surface area contributed by atoms with E-state index in [0.29, 0.717) is 0 Å². The van der Waals surface area contributed by atoms with E-state index in [4.69, 9.17) is 0 Å². The van der Waals surface area contributed by atoms with Gasteiger partial charge < -0.3 is 10.0 Å². The van der Waals surface area contributed by atoms with Gasteiger partial charge in [0.15, 0.2) is 0 Å². The lowest BCUT2D eigenvalue weighted by molar-refractivity contribution is 0.173. The van der Waals surface area contributed by atoms with Crippen LogP contribution in [0.15, 0.2) is 24.3 Å². The number of aliphatic hydroxyl groups excluding tert-OH is 1. The quantitative estimate of drug-likeness (QED) is 0.864. The summed E-state index contributed by atoms with van der Waals surface area (Å²) in [6.07, 6.45) is 4.66. The van der Waals surface area contributed by atoms with Gasteiger partial charge in [-0.25, -0.2) is 0 Å². The van der Waals surface area contributed by atoms with Gasteiger partial charge in [0.2, 0.25) is 0 Å². The maximum Gasteiger partial charge on any atom is 0.0787 e. The van der Waals surface area contributed by atoms with Crippen LogP contribution in [0.1, 0.15) is 44.3 Å². The molecule has 3 atom stereocenters. The van der Waals surface area contributed by atoms with E-state index < -0.39 is 0 Å². The Hall–Kier alpha value is -1.02. The number of aliphatic hydroxyl groups is 1. The van der Waals surface area contributed by atoms with E-state index in [2.05, 4.69) is 29.2 Å². The second-order valence-electron chi connectivity index (χ2n) is 5.50. The molecule has 0 amide bonds. The van der Waals surface area contributed by atoms with Crippen LogP contribution >= 0.6 is 0 Å². The van der Waals surface area contributed by atoms with Gasteiger partial charge in [-0.2, -0.15) is 0 Å². The summed E-state index contributed by atoms with van der Waals surface area (Å²) < 4.78 is 0. The molecule has 1 saturated heterocycles. The molecule has 0 radical (unpaired) electrons. The van der Waals surface area contributed by atoms with Crippen LogP contribution in [0.3, 0.4) is 0 Å². The standard InChI is InChI=1S/C15H21NO/c1-2-15(17)12-4-7-13(8-5-12)16-10-11-3-6-14(16)9-11/h4-5,7-8,11,14-15,17H,2-3,6,9-10H2,1H3/t11?,14?,15-/m1/s1. The number of benzene rings is 1. The van der Waals surface area contributed by atoms with Crippen molar-refractivity contribution in [1.29, 1.82) is 0 Å². The van der Waals surface area contributed by atoms with E-state index in [9.17, 15) is 5.11 Å². The summed E-state index contributed by atoms with van der Waals surface area (Å²) >= 11 is 0. The molecule has 17 heavy (non-hydrogen) atoms. The Morgan fingerprint density at radius 1 is 1.29 bits per heavy atom. The van der Waals surface area contributed by atoms with E-state index >= 15 is 0 Å². The number of fused-ring (bicyclic) bond motifs is 2. The minimum absolute atomic E-state index is 0.306. The molecule has 2 heteroatoms. The van der Waals surface area contributed by atoms with Crippen molar-refractivity contribution in [2.45, 2.75) is 44.8 Å². The first-order valence-electron chi connectivity index (χ1n) is 6.82. The first-order chi connectivity index (χ1) is 8.28. The van der Waals surface area contributed by atoms with Crippen LogP contribution in [0.4, 0.5) is 5.69 Å². The van der Waals surface area contributed by atoms with Gasteiger partial charge in [0.05, 0.1) is 6.10 Å². The van der Waals surface area contributed by atoms with Gasteiger partial charge in [-0.05, 0) is 49.3 Å². The Labute approximate surface area is 103 Å². The highest BCUT2D eigenvalue weighted by Crippen LogP contribution is 2.40. The van der Waals surface area contributed by atoms with Gasteiger partial charge in [0.1, 0.15) is 0 Å². The molecule has 1 aliphatic carbocycles. The van der Waals surface area contributed by atoms with E-state index in [0.717, 1.165) is 23.9 Å². The van der Waals surface area contributed by atoms with Gasteiger partial charge in [0.25, 0.3) is 0 Å². The number of anilines is 1. The van der Waals surface area contributed by atoms with Crippen LogP contribution in [0.25, 0.3) is 0 Å². The fourth-order valence-corrected chi connectivity index (χ4v) is 3.36. The van der Waals surface area contributed by atoms with Crippen molar-refractivity contribution in [3.8, 4) is 0 Å². The molecule has 0 aromatic heterocycles. The molecule has 1 aliphatic heterocycles. The van der Waals surface area contributed by atoms with Crippen molar-refractivity contribution in [3.05, 3.63) is 29.8 Å². The Kier molecular flexibility index (Phi) is 2.83. The summed E-state index contributed by atoms with van der Waals surface area (Å²) in [4.78, 5) is 2.55. The Morgan fingerprint density at radius 3 is 2.59 bits per heavy atom. The largest absolute Gasteiger partial charge is 0.388 e. The average Bonchev–Trinajstić information content (AvgIpc) is 3.00. The number of hydrogen-bond donors (Lipinski definition) is 1. The third-order valence-corrected chi connectivity index (χ3v) is 4.41. The summed E-state index contributed by atoms with van der Waals surface area (Å²) in [5.74, 6) is 0.931. The molecule has 1 saturated carbocycles. The molecule has 2 fully saturated rings. The highest BCUT2D eigenvalue weighted by Gasteiger charge is 2.37. The van der Waals surface area contributed by atoms with E-state index in [1.54, 1.807) is 0 Å². The van der Waals surface area contributed by atoms with Crippen LogP contribution in [0.2, 0.25) is 0 Å². The van der Waals surface area contributed by atoms with Gasteiger partial charge in [-0.1, -0.05) is 19.1 Å². The van der Waals surface area contributed by atoms with Gasteiger partial charge >= 0.3 is 0 Å². The Morgan fingerprint density at radius 2 is 2.06 bits per heavy atom. The summed E-state index contributed by atoms with van der Waals surface area (Å²) in [6.45, 7) is 3.25. The van der Waals surface area contributed by atoms with Crippen molar-refractivity contribution in [3.63, 3.8) is 0 Å². The molecular formula is C15H21NO. The number of rotatable bonds is 3. The third kappa shape index (κ3) is 1.95. The van der Waals surface area contributed by atoms with Crippen LogP contribution in [0, 0.1) is 5.92 Å². The molecule has 92 valence electrons. The van der Waals surface area contributed by atoms with Crippen LogP contribution in [-0.4, -0.2) is 17.7 Å². The molecule has 1 aromatic carbocycles. The highest BCUT2D eigenvalue weighted by atomic mass is 16.3. The topological polar surface area (TPSA) is 23.5 Å². The minimum atomic E-state index is -0.306. The maximum atomic E-state index is 9.78. The highest BCUT2D eigenvalue weighted by molar-refractivity contribution is 5.50. The smallest absolute Gasteiger partial charge is 0.0787 e. The number of nitrogens with zero attached hydrogens (tertiary/aromatic N) is 1. The van der Waals surface area contributed by atoms with Crippen molar-refractivity contribution < 1.29 is 5.11 Å². The van der Waals surface area contributed by atoms with Crippen LogP contribution in [-0.2, 0) is 0 Å². The second-order valence-corrected chi connectivity index (χ2v) is 5.50. The SMILES string of the molecule is CC[C@@H](O)c1ccc(N2CC3CCC2C3)cc1. The molecule has 2 bridgehead atoms. The Bertz CT molecular complexity index is 386. The summed E-state index contributed by atoms with van der Waals surface area (Å²) in [5, 5.41) is 9.78. The van der Waals surface area contributed by atoms with Gasteiger partial charge in [0, 0.05) is 18.3 Å². The van der Waals surface area contributed by atoms with Crippen molar-refractivity contribution in [2.24, 2.45) is 5.92 Å². The third-order valence-electron chi connectivity index (χ3n) is 4.41. The zero-order valence-electron chi connectivity index (χ0n) is 10.5. The predicted molar refractivity (Wildman–Crippen MR) is 70.2 cm³/mol.